The fraction of sp³-hybridized carbons (Fsp3) is 0.348. The Morgan fingerprint density at radius 3 is 2.78 bits per heavy atom. The summed E-state index contributed by atoms with van der Waals surface area (Å²) in [6, 6.07) is 14.7. The Morgan fingerprint density at radius 1 is 1.11 bits per heavy atom. The molecule has 1 aromatic heterocycles. The van der Waals surface area contributed by atoms with E-state index in [0.29, 0.717) is 12.3 Å². The van der Waals surface area contributed by atoms with Gasteiger partial charge in [-0.3, -0.25) is 4.79 Å². The van der Waals surface area contributed by atoms with E-state index in [1.165, 1.54) is 35.8 Å². The highest BCUT2D eigenvalue weighted by molar-refractivity contribution is 7.17. The standard InChI is InChI=1S/C23H24O3S/c24-23(25)10-6-16-5-8-21(26-15-17-3-1-2-4-17)20(13-16)18-7-9-22-19(14-18)11-12-27-22/h5,7-9,11-14,17H,1-4,6,10,15H2,(H,24,25). The number of ether oxygens (including phenoxy) is 1. The number of carboxylic acid groups (broad SMARTS) is 1. The Labute approximate surface area is 163 Å². The summed E-state index contributed by atoms with van der Waals surface area (Å²) in [6.07, 6.45) is 5.81. The van der Waals surface area contributed by atoms with Gasteiger partial charge in [0.05, 0.1) is 6.61 Å². The highest BCUT2D eigenvalue weighted by atomic mass is 32.1. The Bertz CT molecular complexity index is 938. The molecule has 1 N–H and O–H groups in total. The number of benzene rings is 2. The number of carboxylic acids is 1. The van der Waals surface area contributed by atoms with Crippen LogP contribution in [0.2, 0.25) is 0 Å². The van der Waals surface area contributed by atoms with Gasteiger partial charge < -0.3 is 9.84 Å². The molecule has 4 heteroatoms. The fourth-order valence-electron chi connectivity index (χ4n) is 3.85. The van der Waals surface area contributed by atoms with Crippen LogP contribution in [0.5, 0.6) is 5.75 Å². The molecule has 4 rings (SSSR count). The lowest BCUT2D eigenvalue weighted by Gasteiger charge is -2.16. The number of carbonyl (C=O) groups is 1. The highest BCUT2D eigenvalue weighted by Crippen LogP contribution is 2.35. The van der Waals surface area contributed by atoms with Crippen LogP contribution in [0.15, 0.2) is 47.8 Å². The molecule has 1 saturated carbocycles. The molecule has 0 saturated heterocycles. The average molecular weight is 381 g/mol. The molecule has 3 aromatic rings. The first kappa shape index (κ1) is 18.1. The van der Waals surface area contributed by atoms with Crippen LogP contribution in [-0.4, -0.2) is 17.7 Å². The molecule has 0 atom stereocenters. The van der Waals surface area contributed by atoms with E-state index in [4.69, 9.17) is 9.84 Å². The molecule has 0 spiro atoms. The molecule has 1 aliphatic carbocycles. The van der Waals surface area contributed by atoms with Gasteiger partial charge >= 0.3 is 5.97 Å². The summed E-state index contributed by atoms with van der Waals surface area (Å²) in [5.41, 5.74) is 3.22. The second kappa shape index (κ2) is 8.13. The molecule has 1 heterocycles. The van der Waals surface area contributed by atoms with Gasteiger partial charge in [-0.1, -0.05) is 25.0 Å². The molecular formula is C23H24O3S. The van der Waals surface area contributed by atoms with Crippen LogP contribution in [0.3, 0.4) is 0 Å². The Morgan fingerprint density at radius 2 is 1.96 bits per heavy atom. The van der Waals surface area contributed by atoms with Crippen molar-refractivity contribution < 1.29 is 14.6 Å². The van der Waals surface area contributed by atoms with Crippen molar-refractivity contribution in [2.24, 2.45) is 5.92 Å². The first-order valence-corrected chi connectivity index (χ1v) is 10.5. The zero-order valence-electron chi connectivity index (χ0n) is 15.3. The molecule has 1 aliphatic rings. The van der Waals surface area contributed by atoms with Crippen LogP contribution < -0.4 is 4.74 Å². The lowest BCUT2D eigenvalue weighted by Crippen LogP contribution is -2.09. The van der Waals surface area contributed by atoms with Crippen molar-refractivity contribution in [3.63, 3.8) is 0 Å². The molecule has 0 bridgehead atoms. The van der Waals surface area contributed by atoms with Crippen molar-refractivity contribution in [3.05, 3.63) is 53.4 Å². The zero-order chi connectivity index (χ0) is 18.6. The van der Waals surface area contributed by atoms with Gasteiger partial charge in [-0.25, -0.2) is 0 Å². The lowest BCUT2D eigenvalue weighted by atomic mass is 9.99. The molecule has 27 heavy (non-hydrogen) atoms. The average Bonchev–Trinajstić information content (AvgIpc) is 3.35. The van der Waals surface area contributed by atoms with Gasteiger partial charge in [-0.15, -0.1) is 11.3 Å². The molecule has 2 aromatic carbocycles. The van der Waals surface area contributed by atoms with Crippen LogP contribution in [0.1, 0.15) is 37.7 Å². The number of fused-ring (bicyclic) bond motifs is 1. The van der Waals surface area contributed by atoms with Gasteiger partial charge in [-0.2, -0.15) is 0 Å². The maximum Gasteiger partial charge on any atom is 0.303 e. The number of aliphatic carboxylic acids is 1. The molecule has 0 amide bonds. The predicted octanol–water partition coefficient (Wildman–Crippen LogP) is 6.15. The summed E-state index contributed by atoms with van der Waals surface area (Å²) in [6.45, 7) is 0.766. The van der Waals surface area contributed by atoms with E-state index < -0.39 is 5.97 Å². The fourth-order valence-corrected chi connectivity index (χ4v) is 4.63. The SMILES string of the molecule is O=C(O)CCc1ccc(OCC2CCCC2)c(-c2ccc3sccc3c2)c1. The van der Waals surface area contributed by atoms with Gasteiger partial charge in [0, 0.05) is 16.7 Å². The summed E-state index contributed by atoms with van der Waals surface area (Å²) in [7, 11) is 0. The van der Waals surface area contributed by atoms with Crippen molar-refractivity contribution in [2.45, 2.75) is 38.5 Å². The molecule has 3 nitrogen and oxygen atoms in total. The van der Waals surface area contributed by atoms with Gasteiger partial charge in [-0.05, 0) is 77.4 Å². The Hall–Kier alpha value is -2.33. The smallest absolute Gasteiger partial charge is 0.303 e. The van der Waals surface area contributed by atoms with Crippen molar-refractivity contribution in [2.75, 3.05) is 6.61 Å². The summed E-state index contributed by atoms with van der Waals surface area (Å²) < 4.78 is 7.51. The van der Waals surface area contributed by atoms with Gasteiger partial charge in [0.1, 0.15) is 5.75 Å². The minimum atomic E-state index is -0.766. The molecule has 0 unspecified atom stereocenters. The van der Waals surface area contributed by atoms with E-state index in [0.717, 1.165) is 29.0 Å². The van der Waals surface area contributed by atoms with Crippen LogP contribution in [0, 0.1) is 5.92 Å². The third-order valence-corrected chi connectivity index (χ3v) is 6.28. The second-order valence-corrected chi connectivity index (χ2v) is 8.31. The summed E-state index contributed by atoms with van der Waals surface area (Å²) in [5, 5.41) is 12.3. The molecule has 0 aliphatic heterocycles. The predicted molar refractivity (Wildman–Crippen MR) is 111 cm³/mol. The number of hydrogen-bond donors (Lipinski definition) is 1. The monoisotopic (exact) mass is 380 g/mol. The van der Waals surface area contributed by atoms with Crippen LogP contribution >= 0.6 is 11.3 Å². The third kappa shape index (κ3) is 4.33. The quantitative estimate of drug-likeness (QED) is 0.534. The van der Waals surface area contributed by atoms with Crippen molar-refractivity contribution in [3.8, 4) is 16.9 Å². The molecular weight excluding hydrogens is 356 g/mol. The zero-order valence-corrected chi connectivity index (χ0v) is 16.1. The van der Waals surface area contributed by atoms with E-state index >= 15 is 0 Å². The maximum absolute atomic E-state index is 10.9. The van der Waals surface area contributed by atoms with Crippen LogP contribution in [0.4, 0.5) is 0 Å². The number of thiophene rings is 1. The normalized spacial score (nSPS) is 14.7. The van der Waals surface area contributed by atoms with E-state index in [9.17, 15) is 4.79 Å². The number of aryl methyl sites for hydroxylation is 1. The lowest BCUT2D eigenvalue weighted by molar-refractivity contribution is -0.136. The van der Waals surface area contributed by atoms with Crippen LogP contribution in [-0.2, 0) is 11.2 Å². The summed E-state index contributed by atoms with van der Waals surface area (Å²) >= 11 is 1.74. The first-order valence-electron chi connectivity index (χ1n) is 9.64. The second-order valence-electron chi connectivity index (χ2n) is 7.36. The van der Waals surface area contributed by atoms with Gasteiger partial charge in [0.25, 0.3) is 0 Å². The molecule has 140 valence electrons. The van der Waals surface area contributed by atoms with Gasteiger partial charge in [0.2, 0.25) is 0 Å². The van der Waals surface area contributed by atoms with E-state index in [-0.39, 0.29) is 6.42 Å². The molecule has 1 fully saturated rings. The molecule has 0 radical (unpaired) electrons. The third-order valence-electron chi connectivity index (χ3n) is 5.38. The largest absolute Gasteiger partial charge is 0.493 e. The van der Waals surface area contributed by atoms with Crippen molar-refractivity contribution in [1.82, 2.24) is 0 Å². The van der Waals surface area contributed by atoms with Crippen molar-refractivity contribution >= 4 is 27.4 Å². The van der Waals surface area contributed by atoms with E-state index in [2.05, 4.69) is 35.7 Å². The van der Waals surface area contributed by atoms with Crippen molar-refractivity contribution in [1.29, 1.82) is 0 Å². The minimum Gasteiger partial charge on any atom is -0.493 e. The minimum absolute atomic E-state index is 0.144. The summed E-state index contributed by atoms with van der Waals surface area (Å²) in [4.78, 5) is 10.9. The highest BCUT2D eigenvalue weighted by Gasteiger charge is 2.17. The maximum atomic E-state index is 10.9. The Balaban J connectivity index is 1.64. The first-order chi connectivity index (χ1) is 13.2. The van der Waals surface area contributed by atoms with Gasteiger partial charge in [0.15, 0.2) is 0 Å². The topological polar surface area (TPSA) is 46.5 Å². The van der Waals surface area contributed by atoms with E-state index in [1.807, 2.05) is 12.1 Å². The van der Waals surface area contributed by atoms with E-state index in [1.54, 1.807) is 11.3 Å². The number of rotatable bonds is 7. The van der Waals surface area contributed by atoms with Crippen LogP contribution in [0.25, 0.3) is 21.2 Å². The number of hydrogen-bond acceptors (Lipinski definition) is 3. The Kier molecular flexibility index (Phi) is 5.44. The summed E-state index contributed by atoms with van der Waals surface area (Å²) in [5.74, 6) is 0.789.